The van der Waals surface area contributed by atoms with Crippen LogP contribution < -0.4 is 0 Å². The van der Waals surface area contributed by atoms with Crippen molar-refractivity contribution in [1.29, 1.82) is 0 Å². The predicted octanol–water partition coefficient (Wildman–Crippen LogP) is 3.88. The van der Waals surface area contributed by atoms with Gasteiger partial charge in [0.2, 0.25) is 5.88 Å². The fourth-order valence-corrected chi connectivity index (χ4v) is 2.04. The van der Waals surface area contributed by atoms with Gasteiger partial charge in [-0.25, -0.2) is 9.07 Å². The maximum atomic E-state index is 14.3. The zero-order chi connectivity index (χ0) is 12.7. The number of benzene rings is 1. The van der Waals surface area contributed by atoms with Gasteiger partial charge in [0.15, 0.2) is 0 Å². The van der Waals surface area contributed by atoms with Crippen LogP contribution in [0, 0.1) is 5.82 Å². The first-order valence-electron chi connectivity index (χ1n) is 5.89. The normalized spacial score (nSPS) is 11.6. The van der Waals surface area contributed by atoms with E-state index >= 15 is 0 Å². The van der Waals surface area contributed by atoms with Crippen LogP contribution in [0.15, 0.2) is 41.1 Å². The van der Waals surface area contributed by atoms with Gasteiger partial charge in [-0.05, 0) is 23.6 Å². The van der Waals surface area contributed by atoms with Crippen LogP contribution in [-0.2, 0) is 0 Å². The maximum Gasteiger partial charge on any atom is 0.221 e. The van der Waals surface area contributed by atoms with Gasteiger partial charge < -0.3 is 4.42 Å². The second kappa shape index (κ2) is 3.98. The van der Waals surface area contributed by atoms with E-state index in [-0.39, 0.29) is 11.7 Å². The van der Waals surface area contributed by atoms with Crippen molar-refractivity contribution in [1.82, 2.24) is 9.78 Å². The second-order valence-electron chi connectivity index (χ2n) is 4.57. The van der Waals surface area contributed by atoms with Crippen LogP contribution in [0.4, 0.5) is 4.39 Å². The molecule has 1 aromatic carbocycles. The van der Waals surface area contributed by atoms with Crippen LogP contribution in [0.1, 0.15) is 25.3 Å². The number of nitrogens with zero attached hydrogens (tertiary/aromatic N) is 2. The SMILES string of the molecule is CC(C)c1ccc2oc(-n3cccn3)cc2c1F. The molecule has 0 fully saturated rings. The Kier molecular flexibility index (Phi) is 2.44. The molecule has 0 radical (unpaired) electrons. The first-order chi connectivity index (χ1) is 8.66. The topological polar surface area (TPSA) is 31.0 Å². The minimum absolute atomic E-state index is 0.150. The fraction of sp³-hybridized carbons (Fsp3) is 0.214. The number of halogens is 1. The van der Waals surface area contributed by atoms with Crippen molar-refractivity contribution in [2.75, 3.05) is 0 Å². The molecule has 0 saturated carbocycles. The van der Waals surface area contributed by atoms with Crippen LogP contribution in [0.2, 0.25) is 0 Å². The monoisotopic (exact) mass is 244 g/mol. The van der Waals surface area contributed by atoms with Gasteiger partial charge in [-0.1, -0.05) is 19.9 Å². The summed E-state index contributed by atoms with van der Waals surface area (Å²) in [7, 11) is 0. The number of fused-ring (bicyclic) bond motifs is 1. The van der Waals surface area contributed by atoms with Gasteiger partial charge in [0.05, 0.1) is 5.39 Å². The lowest BCUT2D eigenvalue weighted by Crippen LogP contribution is -1.92. The Morgan fingerprint density at radius 1 is 1.33 bits per heavy atom. The lowest BCUT2D eigenvalue weighted by Gasteiger charge is -2.06. The summed E-state index contributed by atoms with van der Waals surface area (Å²) in [5.74, 6) is 0.469. The van der Waals surface area contributed by atoms with E-state index in [1.807, 2.05) is 13.8 Å². The zero-order valence-corrected chi connectivity index (χ0v) is 10.2. The highest BCUT2D eigenvalue weighted by Crippen LogP contribution is 2.29. The molecule has 0 N–H and O–H groups in total. The molecule has 0 bridgehead atoms. The molecule has 2 aromatic heterocycles. The van der Waals surface area contributed by atoms with E-state index in [0.717, 1.165) is 0 Å². The Hall–Kier alpha value is -2.10. The molecule has 0 aliphatic heterocycles. The van der Waals surface area contributed by atoms with E-state index in [4.69, 9.17) is 4.42 Å². The van der Waals surface area contributed by atoms with Gasteiger partial charge in [0.25, 0.3) is 0 Å². The standard InChI is InChI=1S/C14H13FN2O/c1-9(2)10-4-5-12-11(14(10)15)8-13(18-12)17-7-3-6-16-17/h3-9H,1-2H3. The van der Waals surface area contributed by atoms with Crippen molar-refractivity contribution < 1.29 is 8.81 Å². The summed E-state index contributed by atoms with van der Waals surface area (Å²) in [6, 6.07) is 7.06. The summed E-state index contributed by atoms with van der Waals surface area (Å²) < 4.78 is 21.5. The molecule has 2 heterocycles. The van der Waals surface area contributed by atoms with Crippen molar-refractivity contribution in [3.8, 4) is 5.88 Å². The highest BCUT2D eigenvalue weighted by Gasteiger charge is 2.14. The van der Waals surface area contributed by atoms with E-state index in [0.29, 0.717) is 22.4 Å². The summed E-state index contributed by atoms with van der Waals surface area (Å²) >= 11 is 0. The minimum atomic E-state index is -0.204. The van der Waals surface area contributed by atoms with Crippen molar-refractivity contribution >= 4 is 11.0 Å². The molecule has 92 valence electrons. The summed E-state index contributed by atoms with van der Waals surface area (Å²) in [4.78, 5) is 0. The fourth-order valence-electron chi connectivity index (χ4n) is 2.04. The Morgan fingerprint density at radius 2 is 2.17 bits per heavy atom. The van der Waals surface area contributed by atoms with E-state index in [2.05, 4.69) is 5.10 Å². The molecule has 0 spiro atoms. The first-order valence-corrected chi connectivity index (χ1v) is 5.89. The summed E-state index contributed by atoms with van der Waals surface area (Å²) in [5.41, 5.74) is 1.25. The number of aromatic nitrogens is 2. The Labute approximate surface area is 104 Å². The van der Waals surface area contributed by atoms with Crippen molar-refractivity contribution in [2.24, 2.45) is 0 Å². The molecule has 0 amide bonds. The predicted molar refractivity (Wildman–Crippen MR) is 67.4 cm³/mol. The molecular weight excluding hydrogens is 231 g/mol. The molecule has 3 nitrogen and oxygen atoms in total. The third kappa shape index (κ3) is 1.61. The third-order valence-electron chi connectivity index (χ3n) is 3.00. The van der Waals surface area contributed by atoms with Gasteiger partial charge in [-0.3, -0.25) is 0 Å². The molecule has 0 saturated heterocycles. The van der Waals surface area contributed by atoms with Gasteiger partial charge in [-0.15, -0.1) is 0 Å². The van der Waals surface area contributed by atoms with Crippen molar-refractivity contribution in [3.05, 3.63) is 48.0 Å². The third-order valence-corrected chi connectivity index (χ3v) is 3.00. The average molecular weight is 244 g/mol. The van der Waals surface area contributed by atoms with Gasteiger partial charge in [-0.2, -0.15) is 5.10 Å². The molecule has 4 heteroatoms. The van der Waals surface area contributed by atoms with E-state index in [9.17, 15) is 4.39 Å². The smallest absolute Gasteiger partial charge is 0.221 e. The molecule has 3 rings (SSSR count). The highest BCUT2D eigenvalue weighted by atomic mass is 19.1. The number of furan rings is 1. The van der Waals surface area contributed by atoms with Gasteiger partial charge >= 0.3 is 0 Å². The Balaban J connectivity index is 2.21. The van der Waals surface area contributed by atoms with Crippen LogP contribution in [0.25, 0.3) is 16.9 Å². The van der Waals surface area contributed by atoms with E-state index < -0.39 is 0 Å². The minimum Gasteiger partial charge on any atom is -0.438 e. The molecular formula is C14H13FN2O. The van der Waals surface area contributed by atoms with Crippen LogP contribution in [0.5, 0.6) is 0 Å². The molecule has 3 aromatic rings. The number of rotatable bonds is 2. The summed E-state index contributed by atoms with van der Waals surface area (Å²) in [5, 5.41) is 4.58. The van der Waals surface area contributed by atoms with Gasteiger partial charge in [0.1, 0.15) is 11.4 Å². The van der Waals surface area contributed by atoms with Crippen LogP contribution in [-0.4, -0.2) is 9.78 Å². The van der Waals surface area contributed by atoms with Crippen molar-refractivity contribution in [3.63, 3.8) is 0 Å². The highest BCUT2D eigenvalue weighted by molar-refractivity contribution is 5.81. The second-order valence-corrected chi connectivity index (χ2v) is 4.57. The summed E-state index contributed by atoms with van der Waals surface area (Å²) in [6.45, 7) is 3.94. The van der Waals surface area contributed by atoms with Crippen LogP contribution >= 0.6 is 0 Å². The van der Waals surface area contributed by atoms with Gasteiger partial charge in [0, 0.05) is 18.5 Å². The largest absolute Gasteiger partial charge is 0.438 e. The Morgan fingerprint density at radius 3 is 2.83 bits per heavy atom. The molecule has 0 aliphatic carbocycles. The average Bonchev–Trinajstić information content (AvgIpc) is 2.97. The molecule has 18 heavy (non-hydrogen) atoms. The van der Waals surface area contributed by atoms with Crippen molar-refractivity contribution in [2.45, 2.75) is 19.8 Å². The first kappa shape index (κ1) is 11.0. The summed E-state index contributed by atoms with van der Waals surface area (Å²) in [6.07, 6.45) is 3.42. The lowest BCUT2D eigenvalue weighted by molar-refractivity contribution is 0.558. The quantitative estimate of drug-likeness (QED) is 0.685. The molecule has 0 unspecified atom stereocenters. The van der Waals surface area contributed by atoms with E-state index in [1.165, 1.54) is 0 Å². The zero-order valence-electron chi connectivity index (χ0n) is 10.2. The van der Waals surface area contributed by atoms with Crippen LogP contribution in [0.3, 0.4) is 0 Å². The Bertz CT molecular complexity index is 683. The molecule has 0 atom stereocenters. The number of hydrogen-bond donors (Lipinski definition) is 0. The molecule has 0 aliphatic rings. The van der Waals surface area contributed by atoms with E-state index in [1.54, 1.807) is 41.3 Å². The number of hydrogen-bond acceptors (Lipinski definition) is 2. The maximum absolute atomic E-state index is 14.3. The lowest BCUT2D eigenvalue weighted by atomic mass is 10.0.